The Balaban J connectivity index is 1.47. The molecule has 1 unspecified atom stereocenters. The molecule has 2 amide bonds. The van der Waals surface area contributed by atoms with Crippen molar-refractivity contribution in [1.82, 2.24) is 10.6 Å². The lowest BCUT2D eigenvalue weighted by atomic mass is 9.48. The van der Waals surface area contributed by atoms with Gasteiger partial charge in [0.2, 0.25) is 0 Å². The molecule has 4 aliphatic rings. The Morgan fingerprint density at radius 3 is 2.21 bits per heavy atom. The molecule has 5 heteroatoms. The average molecular weight is 336 g/mol. The Kier molecular flexibility index (Phi) is 5.48. The van der Waals surface area contributed by atoms with Crippen LogP contribution >= 0.6 is 0 Å². The summed E-state index contributed by atoms with van der Waals surface area (Å²) in [6.45, 7) is 5.82. The Morgan fingerprint density at radius 1 is 1.08 bits per heavy atom. The van der Waals surface area contributed by atoms with E-state index < -0.39 is 11.8 Å². The van der Waals surface area contributed by atoms with Crippen LogP contribution < -0.4 is 10.6 Å². The third kappa shape index (κ3) is 3.76. The second-order valence-corrected chi connectivity index (χ2v) is 8.28. The van der Waals surface area contributed by atoms with Gasteiger partial charge in [0.15, 0.2) is 0 Å². The maximum atomic E-state index is 12.2. The van der Waals surface area contributed by atoms with Crippen molar-refractivity contribution in [2.24, 2.45) is 23.2 Å². The van der Waals surface area contributed by atoms with Crippen molar-refractivity contribution in [3.05, 3.63) is 0 Å². The molecule has 0 aliphatic heterocycles. The molecule has 4 saturated carbocycles. The number of carbonyl (C=O) groups excluding carboxylic acids is 2. The fourth-order valence-corrected chi connectivity index (χ4v) is 5.72. The molecule has 0 aromatic rings. The van der Waals surface area contributed by atoms with E-state index in [0.717, 1.165) is 24.2 Å². The first-order chi connectivity index (χ1) is 11.5. The number of amides is 2. The van der Waals surface area contributed by atoms with Gasteiger partial charge in [-0.1, -0.05) is 0 Å². The first-order valence-electron chi connectivity index (χ1n) is 9.69. The highest BCUT2D eigenvalue weighted by Crippen LogP contribution is 2.61. The van der Waals surface area contributed by atoms with E-state index in [1.807, 2.05) is 6.92 Å². The minimum Gasteiger partial charge on any atom is -0.382 e. The molecule has 4 aliphatic carbocycles. The normalized spacial score (nSPS) is 34.8. The van der Waals surface area contributed by atoms with Gasteiger partial charge in [0.25, 0.3) is 0 Å². The van der Waals surface area contributed by atoms with E-state index in [4.69, 9.17) is 4.74 Å². The number of hydrogen-bond donors (Lipinski definition) is 2. The average Bonchev–Trinajstić information content (AvgIpc) is 2.53. The Bertz CT molecular complexity index is 442. The third-order valence-corrected chi connectivity index (χ3v) is 6.51. The van der Waals surface area contributed by atoms with Crippen LogP contribution in [0.2, 0.25) is 0 Å². The molecular weight excluding hydrogens is 304 g/mol. The van der Waals surface area contributed by atoms with E-state index in [-0.39, 0.29) is 11.5 Å². The molecule has 4 rings (SSSR count). The summed E-state index contributed by atoms with van der Waals surface area (Å²) in [4.78, 5) is 24.2. The Hall–Kier alpha value is -1.10. The third-order valence-electron chi connectivity index (χ3n) is 6.51. The second kappa shape index (κ2) is 7.42. The zero-order valence-electron chi connectivity index (χ0n) is 15.1. The van der Waals surface area contributed by atoms with Crippen molar-refractivity contribution in [2.45, 2.75) is 64.8 Å². The quantitative estimate of drug-likeness (QED) is 0.553. The smallest absolute Gasteiger partial charge is 0.309 e. The predicted molar refractivity (Wildman–Crippen MR) is 92.3 cm³/mol. The van der Waals surface area contributed by atoms with E-state index in [2.05, 4.69) is 17.6 Å². The molecule has 24 heavy (non-hydrogen) atoms. The highest BCUT2D eigenvalue weighted by molar-refractivity contribution is 6.35. The molecule has 0 heterocycles. The van der Waals surface area contributed by atoms with Crippen LogP contribution in [0, 0.1) is 23.2 Å². The summed E-state index contributed by atoms with van der Waals surface area (Å²) in [7, 11) is 0. The summed E-state index contributed by atoms with van der Waals surface area (Å²) < 4.78 is 5.23. The Morgan fingerprint density at radius 2 is 1.67 bits per heavy atom. The summed E-state index contributed by atoms with van der Waals surface area (Å²) in [5, 5.41) is 5.70. The van der Waals surface area contributed by atoms with Gasteiger partial charge in [0, 0.05) is 25.8 Å². The van der Waals surface area contributed by atoms with Crippen LogP contribution in [0.1, 0.15) is 58.8 Å². The number of nitrogens with one attached hydrogen (secondary N) is 2. The minimum atomic E-state index is -0.511. The molecule has 0 saturated heterocycles. The SMILES string of the molecule is CCOCCCNC(=O)C(=O)NC(C)C12CC3CC(CC(C3)C1)C2. The molecular formula is C19H32N2O3. The summed E-state index contributed by atoms with van der Waals surface area (Å²) in [5.74, 6) is 1.56. The maximum Gasteiger partial charge on any atom is 0.309 e. The first kappa shape index (κ1) is 17.7. The molecule has 4 bridgehead atoms. The van der Waals surface area contributed by atoms with Crippen molar-refractivity contribution >= 4 is 11.8 Å². The molecule has 5 nitrogen and oxygen atoms in total. The van der Waals surface area contributed by atoms with E-state index in [1.165, 1.54) is 38.5 Å². The van der Waals surface area contributed by atoms with Crippen molar-refractivity contribution in [3.63, 3.8) is 0 Å². The van der Waals surface area contributed by atoms with Crippen LogP contribution in [0.4, 0.5) is 0 Å². The number of rotatable bonds is 7. The van der Waals surface area contributed by atoms with Gasteiger partial charge in [0.05, 0.1) is 0 Å². The van der Waals surface area contributed by atoms with Gasteiger partial charge in [-0.2, -0.15) is 0 Å². The van der Waals surface area contributed by atoms with Crippen molar-refractivity contribution < 1.29 is 14.3 Å². The van der Waals surface area contributed by atoms with Crippen molar-refractivity contribution in [2.75, 3.05) is 19.8 Å². The fourth-order valence-electron chi connectivity index (χ4n) is 5.72. The lowest BCUT2D eigenvalue weighted by Gasteiger charge is -2.59. The summed E-state index contributed by atoms with van der Waals surface area (Å²) >= 11 is 0. The fraction of sp³-hybridized carbons (Fsp3) is 0.895. The van der Waals surface area contributed by atoms with Crippen LogP contribution in [-0.2, 0) is 14.3 Å². The number of ether oxygens (including phenoxy) is 1. The predicted octanol–water partition coefficient (Wildman–Crippen LogP) is 2.25. The van der Waals surface area contributed by atoms with Crippen LogP contribution in [0.3, 0.4) is 0 Å². The molecule has 0 spiro atoms. The standard InChI is InChI=1S/C19H32N2O3/c1-3-24-6-4-5-20-17(22)18(23)21-13(2)19-10-14-7-15(11-19)9-16(8-14)12-19/h13-16H,3-12H2,1-2H3,(H,20,22)(H,21,23). The summed E-state index contributed by atoms with van der Waals surface area (Å²) in [6, 6.07) is 0.0903. The van der Waals surface area contributed by atoms with Crippen LogP contribution in [0.5, 0.6) is 0 Å². The van der Waals surface area contributed by atoms with E-state index in [1.54, 1.807) is 0 Å². The van der Waals surface area contributed by atoms with Gasteiger partial charge in [-0.15, -0.1) is 0 Å². The zero-order chi connectivity index (χ0) is 17.2. The van der Waals surface area contributed by atoms with Gasteiger partial charge < -0.3 is 15.4 Å². The molecule has 0 aromatic carbocycles. The van der Waals surface area contributed by atoms with Gasteiger partial charge in [-0.25, -0.2) is 0 Å². The summed E-state index contributed by atoms with van der Waals surface area (Å²) in [6.07, 6.45) is 8.60. The molecule has 4 fully saturated rings. The molecule has 136 valence electrons. The molecule has 0 radical (unpaired) electrons. The number of carbonyl (C=O) groups is 2. The number of hydrogen-bond acceptors (Lipinski definition) is 3. The van der Waals surface area contributed by atoms with Crippen LogP contribution in [0.25, 0.3) is 0 Å². The lowest BCUT2D eigenvalue weighted by Crippen LogP contribution is -2.57. The topological polar surface area (TPSA) is 67.4 Å². The van der Waals surface area contributed by atoms with E-state index >= 15 is 0 Å². The monoisotopic (exact) mass is 336 g/mol. The van der Waals surface area contributed by atoms with Gasteiger partial charge in [-0.3, -0.25) is 9.59 Å². The molecule has 1 atom stereocenters. The summed E-state index contributed by atoms with van der Waals surface area (Å²) in [5.41, 5.74) is 0.236. The zero-order valence-corrected chi connectivity index (χ0v) is 15.1. The van der Waals surface area contributed by atoms with E-state index in [9.17, 15) is 9.59 Å². The highest BCUT2D eigenvalue weighted by atomic mass is 16.5. The Labute approximate surface area is 145 Å². The lowest BCUT2D eigenvalue weighted by molar-refractivity contribution is -0.141. The van der Waals surface area contributed by atoms with Gasteiger partial charge in [-0.05, 0) is 82.0 Å². The van der Waals surface area contributed by atoms with E-state index in [0.29, 0.717) is 19.8 Å². The first-order valence-corrected chi connectivity index (χ1v) is 9.69. The largest absolute Gasteiger partial charge is 0.382 e. The van der Waals surface area contributed by atoms with Crippen LogP contribution in [-0.4, -0.2) is 37.6 Å². The van der Waals surface area contributed by atoms with Crippen LogP contribution in [0.15, 0.2) is 0 Å². The van der Waals surface area contributed by atoms with Gasteiger partial charge >= 0.3 is 11.8 Å². The van der Waals surface area contributed by atoms with Crippen molar-refractivity contribution in [1.29, 1.82) is 0 Å². The maximum absolute atomic E-state index is 12.2. The highest BCUT2D eigenvalue weighted by Gasteiger charge is 2.53. The molecule has 2 N–H and O–H groups in total. The van der Waals surface area contributed by atoms with Crippen molar-refractivity contribution in [3.8, 4) is 0 Å². The van der Waals surface area contributed by atoms with Gasteiger partial charge in [0.1, 0.15) is 0 Å². The second-order valence-electron chi connectivity index (χ2n) is 8.28. The molecule has 0 aromatic heterocycles. The minimum absolute atomic E-state index is 0.0903.